The number of carbonyl (C=O) groups is 1. The second-order valence-corrected chi connectivity index (χ2v) is 2.89. The Kier molecular flexibility index (Phi) is 2.29. The van der Waals surface area contributed by atoms with Crippen LogP contribution in [0.1, 0.15) is 20.3 Å². The summed E-state index contributed by atoms with van der Waals surface area (Å²) in [7, 11) is 0. The van der Waals surface area contributed by atoms with Gasteiger partial charge < -0.3 is 9.84 Å². The molecule has 0 saturated carbocycles. The second kappa shape index (κ2) is 3.05. The molecule has 1 fully saturated rings. The van der Waals surface area contributed by atoms with Crippen LogP contribution < -0.4 is 0 Å². The molecule has 1 rings (SSSR count). The molecule has 0 spiro atoms. The maximum atomic E-state index is 11.0. The van der Waals surface area contributed by atoms with E-state index in [1.54, 1.807) is 0 Å². The molecule has 0 bridgehead atoms. The third-order valence-corrected chi connectivity index (χ3v) is 1.76. The summed E-state index contributed by atoms with van der Waals surface area (Å²) in [5.74, 6) is -0.274. The first-order valence-corrected chi connectivity index (χ1v) is 3.63. The quantitative estimate of drug-likeness (QED) is 0.447. The van der Waals surface area contributed by atoms with Crippen molar-refractivity contribution in [3.63, 3.8) is 0 Å². The van der Waals surface area contributed by atoms with E-state index < -0.39 is 0 Å². The highest BCUT2D eigenvalue weighted by molar-refractivity contribution is 5.91. The molecule has 0 aliphatic carbocycles. The number of cyclic esters (lactones) is 1. The third-order valence-electron chi connectivity index (χ3n) is 1.76. The van der Waals surface area contributed by atoms with Gasteiger partial charge in [-0.25, -0.2) is 4.79 Å². The molecule has 0 amide bonds. The molecular formula is C8H12O3. The third kappa shape index (κ3) is 1.60. The maximum Gasteiger partial charge on any atom is 0.334 e. The number of hydrogen-bond acceptors (Lipinski definition) is 3. The summed E-state index contributed by atoms with van der Waals surface area (Å²) in [5.41, 5.74) is 1.69. The van der Waals surface area contributed by atoms with Crippen LogP contribution in [0.3, 0.4) is 0 Å². The Labute approximate surface area is 65.7 Å². The Balaban J connectivity index is 2.75. The molecule has 0 unspecified atom stereocenters. The van der Waals surface area contributed by atoms with E-state index in [-0.39, 0.29) is 18.7 Å². The van der Waals surface area contributed by atoms with E-state index in [1.807, 2.05) is 13.8 Å². The summed E-state index contributed by atoms with van der Waals surface area (Å²) in [6.45, 7) is 3.66. The number of hydrogen-bond donors (Lipinski definition) is 1. The normalized spacial score (nSPS) is 23.7. The van der Waals surface area contributed by atoms with Crippen molar-refractivity contribution >= 4 is 5.97 Å². The van der Waals surface area contributed by atoms with Crippen LogP contribution in [-0.4, -0.2) is 23.8 Å². The molecule has 3 heteroatoms. The van der Waals surface area contributed by atoms with Crippen LogP contribution in [0, 0.1) is 0 Å². The predicted molar refractivity (Wildman–Crippen MR) is 40.0 cm³/mol. The average Bonchev–Trinajstić information content (AvgIpc) is 2.30. The fraction of sp³-hybridized carbons (Fsp3) is 0.625. The fourth-order valence-electron chi connectivity index (χ4n) is 1.09. The number of aliphatic hydroxyl groups excluding tert-OH is 1. The molecule has 11 heavy (non-hydrogen) atoms. The SMILES string of the molecule is CC(C)=C1C[C@@H](CO)OC1=O. The van der Waals surface area contributed by atoms with E-state index in [4.69, 9.17) is 9.84 Å². The zero-order valence-corrected chi connectivity index (χ0v) is 6.76. The maximum absolute atomic E-state index is 11.0. The highest BCUT2D eigenvalue weighted by atomic mass is 16.6. The topological polar surface area (TPSA) is 46.5 Å². The molecule has 1 saturated heterocycles. The monoisotopic (exact) mass is 156 g/mol. The van der Waals surface area contributed by atoms with Gasteiger partial charge in [0, 0.05) is 12.0 Å². The van der Waals surface area contributed by atoms with Crippen molar-refractivity contribution < 1.29 is 14.6 Å². The van der Waals surface area contributed by atoms with Gasteiger partial charge in [0.25, 0.3) is 0 Å². The predicted octanol–water partition coefficient (Wildman–Crippen LogP) is 0.631. The molecule has 1 heterocycles. The molecule has 0 aromatic carbocycles. The number of ether oxygens (including phenoxy) is 1. The summed E-state index contributed by atoms with van der Waals surface area (Å²) in [6.07, 6.45) is 0.241. The Morgan fingerprint density at radius 1 is 1.73 bits per heavy atom. The van der Waals surface area contributed by atoms with Crippen molar-refractivity contribution in [1.29, 1.82) is 0 Å². The van der Waals surface area contributed by atoms with Crippen LogP contribution in [0.15, 0.2) is 11.1 Å². The van der Waals surface area contributed by atoms with Crippen LogP contribution in [0.5, 0.6) is 0 Å². The summed E-state index contributed by atoms with van der Waals surface area (Å²) >= 11 is 0. The van der Waals surface area contributed by atoms with Crippen molar-refractivity contribution in [2.75, 3.05) is 6.61 Å². The van der Waals surface area contributed by atoms with Crippen LogP contribution >= 0.6 is 0 Å². The second-order valence-electron chi connectivity index (χ2n) is 2.89. The van der Waals surface area contributed by atoms with Gasteiger partial charge in [0.2, 0.25) is 0 Å². The summed E-state index contributed by atoms with van der Waals surface area (Å²) in [5, 5.41) is 8.68. The molecule has 3 nitrogen and oxygen atoms in total. The lowest BCUT2D eigenvalue weighted by molar-refractivity contribution is -0.140. The molecule has 1 aliphatic heterocycles. The minimum Gasteiger partial charge on any atom is -0.456 e. The lowest BCUT2D eigenvalue weighted by Gasteiger charge is -2.00. The first-order valence-electron chi connectivity index (χ1n) is 3.63. The van der Waals surface area contributed by atoms with Crippen molar-refractivity contribution in [2.24, 2.45) is 0 Å². The van der Waals surface area contributed by atoms with Gasteiger partial charge in [0.15, 0.2) is 0 Å². The number of aliphatic hydroxyl groups is 1. The van der Waals surface area contributed by atoms with Gasteiger partial charge in [-0.15, -0.1) is 0 Å². The minimum atomic E-state index is -0.313. The summed E-state index contributed by atoms with van der Waals surface area (Å²) in [4.78, 5) is 11.0. The van der Waals surface area contributed by atoms with Gasteiger partial charge in [-0.05, 0) is 13.8 Å². The molecule has 0 aromatic heterocycles. The standard InChI is InChI=1S/C8H12O3/c1-5(2)7-3-6(4-9)11-8(7)10/h6,9H,3-4H2,1-2H3/t6-/m0/s1. The van der Waals surface area contributed by atoms with Crippen molar-refractivity contribution in [2.45, 2.75) is 26.4 Å². The smallest absolute Gasteiger partial charge is 0.334 e. The number of allylic oxidation sites excluding steroid dienone is 1. The minimum absolute atomic E-state index is 0.0808. The van der Waals surface area contributed by atoms with Gasteiger partial charge in [-0.3, -0.25) is 0 Å². The Morgan fingerprint density at radius 3 is 2.64 bits per heavy atom. The lowest BCUT2D eigenvalue weighted by atomic mass is 10.1. The van der Waals surface area contributed by atoms with E-state index in [0.29, 0.717) is 12.0 Å². The number of esters is 1. The van der Waals surface area contributed by atoms with Crippen molar-refractivity contribution in [3.8, 4) is 0 Å². The fourth-order valence-corrected chi connectivity index (χ4v) is 1.09. The Hall–Kier alpha value is -0.830. The summed E-state index contributed by atoms with van der Waals surface area (Å²) in [6, 6.07) is 0. The zero-order chi connectivity index (χ0) is 8.43. The first kappa shape index (κ1) is 8.27. The highest BCUT2D eigenvalue weighted by Gasteiger charge is 2.28. The molecule has 1 atom stereocenters. The van der Waals surface area contributed by atoms with E-state index in [2.05, 4.69) is 0 Å². The Bertz CT molecular complexity index is 201. The largest absolute Gasteiger partial charge is 0.456 e. The molecule has 1 N–H and O–H groups in total. The van der Waals surface area contributed by atoms with E-state index >= 15 is 0 Å². The van der Waals surface area contributed by atoms with E-state index in [0.717, 1.165) is 5.57 Å². The van der Waals surface area contributed by atoms with Crippen LogP contribution in [0.2, 0.25) is 0 Å². The summed E-state index contributed by atoms with van der Waals surface area (Å²) < 4.78 is 4.84. The average molecular weight is 156 g/mol. The van der Waals surface area contributed by atoms with Gasteiger partial charge in [0.05, 0.1) is 6.61 Å². The molecule has 62 valence electrons. The Morgan fingerprint density at radius 2 is 2.36 bits per heavy atom. The van der Waals surface area contributed by atoms with Crippen molar-refractivity contribution in [1.82, 2.24) is 0 Å². The molecule has 0 radical (unpaired) electrons. The van der Waals surface area contributed by atoms with Crippen molar-refractivity contribution in [3.05, 3.63) is 11.1 Å². The lowest BCUT2D eigenvalue weighted by Crippen LogP contribution is -2.10. The van der Waals surface area contributed by atoms with E-state index in [9.17, 15) is 4.79 Å². The van der Waals surface area contributed by atoms with E-state index in [1.165, 1.54) is 0 Å². The molecule has 0 aromatic rings. The van der Waals surface area contributed by atoms with Gasteiger partial charge >= 0.3 is 5.97 Å². The van der Waals surface area contributed by atoms with Crippen LogP contribution in [0.4, 0.5) is 0 Å². The zero-order valence-electron chi connectivity index (χ0n) is 6.76. The van der Waals surface area contributed by atoms with Gasteiger partial charge in [-0.1, -0.05) is 5.57 Å². The number of rotatable bonds is 1. The number of carbonyl (C=O) groups excluding carboxylic acids is 1. The van der Waals surface area contributed by atoms with Gasteiger partial charge in [0.1, 0.15) is 6.10 Å². The molecule has 1 aliphatic rings. The molecular weight excluding hydrogens is 144 g/mol. The van der Waals surface area contributed by atoms with Crippen LogP contribution in [-0.2, 0) is 9.53 Å². The van der Waals surface area contributed by atoms with Crippen LogP contribution in [0.25, 0.3) is 0 Å². The first-order chi connectivity index (χ1) is 5.15. The highest BCUT2D eigenvalue weighted by Crippen LogP contribution is 2.22. The van der Waals surface area contributed by atoms with Gasteiger partial charge in [-0.2, -0.15) is 0 Å².